The maximum atomic E-state index is 15.1. The van der Waals surface area contributed by atoms with E-state index in [0.29, 0.717) is 11.3 Å². The van der Waals surface area contributed by atoms with Crippen LogP contribution < -0.4 is 10.5 Å². The number of halogens is 1. The first kappa shape index (κ1) is 23.6. The summed E-state index contributed by atoms with van der Waals surface area (Å²) in [6.45, 7) is 5.35. The lowest BCUT2D eigenvalue weighted by Crippen LogP contribution is -2.50. The Labute approximate surface area is 191 Å². The molecule has 1 aliphatic heterocycles. The van der Waals surface area contributed by atoms with Crippen LogP contribution in [0.15, 0.2) is 41.1 Å². The molecule has 8 nitrogen and oxygen atoms in total. The van der Waals surface area contributed by atoms with E-state index in [0.717, 1.165) is 0 Å². The molecule has 0 aromatic heterocycles. The zero-order valence-corrected chi connectivity index (χ0v) is 18.8. The molecule has 1 aromatic carbocycles. The van der Waals surface area contributed by atoms with Gasteiger partial charge >= 0.3 is 6.09 Å². The number of rotatable bonds is 2. The van der Waals surface area contributed by atoms with Gasteiger partial charge in [-0.05, 0) is 50.1 Å². The molecule has 2 N–H and O–H groups in total. The lowest BCUT2D eigenvalue weighted by molar-refractivity contribution is 0.0224. The predicted molar refractivity (Wildman–Crippen MR) is 116 cm³/mol. The summed E-state index contributed by atoms with van der Waals surface area (Å²) in [6, 6.07) is 9.91. The van der Waals surface area contributed by atoms with E-state index in [1.165, 1.54) is 30.2 Å². The molecule has 9 heteroatoms. The summed E-state index contributed by atoms with van der Waals surface area (Å²) in [7, 11) is 1.41. The lowest BCUT2D eigenvalue weighted by Gasteiger charge is -2.45. The minimum absolute atomic E-state index is 0.00559. The second-order valence-electron chi connectivity index (χ2n) is 8.95. The van der Waals surface area contributed by atoms with Crippen molar-refractivity contribution >= 4 is 6.09 Å². The molecule has 1 heterocycles. The highest BCUT2D eigenvalue weighted by atomic mass is 19.1. The highest BCUT2D eigenvalue weighted by Crippen LogP contribution is 2.55. The number of nitriles is 3. The molecule has 0 radical (unpaired) electrons. The van der Waals surface area contributed by atoms with Gasteiger partial charge in [-0.3, -0.25) is 0 Å². The maximum Gasteiger partial charge on any atom is 0.410 e. The number of amides is 1. The smallest absolute Gasteiger partial charge is 0.410 e. The van der Waals surface area contributed by atoms with E-state index in [9.17, 15) is 20.6 Å². The standard InChI is InChI=1S/C24H24FN5O3/c1-23(2,3)33-22(31)30-8-7-15-17(10-26)21(29)24(12-27,13-28)20(18(15)11-30)16-9-14(32-4)5-6-19(16)25/h5-7,9,18,20H,8,11,29H2,1-4H3. The topological polar surface area (TPSA) is 136 Å². The van der Waals surface area contributed by atoms with Crippen molar-refractivity contribution in [1.29, 1.82) is 15.8 Å². The second-order valence-corrected chi connectivity index (χ2v) is 8.95. The Morgan fingerprint density at radius 2 is 1.94 bits per heavy atom. The fourth-order valence-corrected chi connectivity index (χ4v) is 4.39. The summed E-state index contributed by atoms with van der Waals surface area (Å²) in [5, 5.41) is 30.0. The van der Waals surface area contributed by atoms with Gasteiger partial charge < -0.3 is 20.1 Å². The molecule has 0 fully saturated rings. The number of allylic oxidation sites excluding steroid dienone is 2. The first-order valence-corrected chi connectivity index (χ1v) is 10.3. The molecule has 1 aliphatic carbocycles. The van der Waals surface area contributed by atoms with Crippen molar-refractivity contribution in [2.24, 2.45) is 17.1 Å². The van der Waals surface area contributed by atoms with Crippen LogP contribution in [0.1, 0.15) is 32.3 Å². The molecule has 2 atom stereocenters. The van der Waals surface area contributed by atoms with Crippen LogP contribution in [0, 0.1) is 51.1 Å². The molecule has 1 amide bonds. The van der Waals surface area contributed by atoms with Gasteiger partial charge in [0.1, 0.15) is 23.2 Å². The summed E-state index contributed by atoms with van der Waals surface area (Å²) in [5.41, 5.74) is 3.76. The number of hydrogen-bond donors (Lipinski definition) is 1. The maximum absolute atomic E-state index is 15.1. The molecule has 3 rings (SSSR count). The number of fused-ring (bicyclic) bond motifs is 1. The van der Waals surface area contributed by atoms with Gasteiger partial charge in [-0.15, -0.1) is 0 Å². The number of nitrogens with two attached hydrogens (primary N) is 1. The molecule has 2 unspecified atom stereocenters. The first-order chi connectivity index (χ1) is 15.5. The molecule has 0 saturated heterocycles. The quantitative estimate of drug-likeness (QED) is 0.730. The van der Waals surface area contributed by atoms with Crippen LogP contribution >= 0.6 is 0 Å². The van der Waals surface area contributed by atoms with Gasteiger partial charge in [-0.2, -0.15) is 15.8 Å². The lowest BCUT2D eigenvalue weighted by atomic mass is 9.58. The largest absolute Gasteiger partial charge is 0.497 e. The molecular formula is C24H24FN5O3. The van der Waals surface area contributed by atoms with E-state index in [1.54, 1.807) is 26.8 Å². The number of methoxy groups -OCH3 is 1. The van der Waals surface area contributed by atoms with Gasteiger partial charge in [0.15, 0.2) is 5.41 Å². The van der Waals surface area contributed by atoms with Gasteiger partial charge in [0.2, 0.25) is 0 Å². The molecule has 170 valence electrons. The number of ether oxygens (including phenoxy) is 2. The Bertz CT molecular complexity index is 1160. The van der Waals surface area contributed by atoms with Gasteiger partial charge in [-0.25, -0.2) is 9.18 Å². The molecule has 2 aliphatic rings. The van der Waals surface area contributed by atoms with Crippen LogP contribution in [0.25, 0.3) is 0 Å². The van der Waals surface area contributed by atoms with Crippen molar-refractivity contribution in [3.8, 4) is 24.0 Å². The van der Waals surface area contributed by atoms with Gasteiger partial charge in [0.05, 0.1) is 30.5 Å². The number of hydrogen-bond acceptors (Lipinski definition) is 7. The molecule has 1 aromatic rings. The first-order valence-electron chi connectivity index (χ1n) is 10.3. The van der Waals surface area contributed by atoms with Crippen LogP contribution in [0.3, 0.4) is 0 Å². The summed E-state index contributed by atoms with van der Waals surface area (Å²) < 4.78 is 25.8. The normalized spacial score (nSPS) is 21.6. The van der Waals surface area contributed by atoms with Crippen molar-refractivity contribution in [2.45, 2.75) is 32.3 Å². The Hall–Kier alpha value is -4.03. The average Bonchev–Trinajstić information content (AvgIpc) is 2.77. The highest BCUT2D eigenvalue weighted by Gasteiger charge is 2.55. The van der Waals surface area contributed by atoms with Gasteiger partial charge in [-0.1, -0.05) is 6.08 Å². The molecule has 0 saturated carbocycles. The number of carbonyl (C=O) groups excluding carboxylic acids is 1. The summed E-state index contributed by atoms with van der Waals surface area (Å²) in [6.07, 6.45) is 1.05. The third kappa shape index (κ3) is 3.97. The minimum Gasteiger partial charge on any atom is -0.497 e. The van der Waals surface area contributed by atoms with Crippen LogP contribution in [0.5, 0.6) is 5.75 Å². The molecule has 33 heavy (non-hydrogen) atoms. The minimum atomic E-state index is -2.03. The van der Waals surface area contributed by atoms with Crippen LogP contribution in [0.2, 0.25) is 0 Å². The van der Waals surface area contributed by atoms with E-state index in [-0.39, 0.29) is 29.9 Å². The van der Waals surface area contributed by atoms with Crippen molar-refractivity contribution < 1.29 is 18.7 Å². The second kappa shape index (κ2) is 8.48. The number of nitrogens with zero attached hydrogens (tertiary/aromatic N) is 4. The van der Waals surface area contributed by atoms with E-state index in [1.807, 2.05) is 18.2 Å². The Morgan fingerprint density at radius 3 is 2.48 bits per heavy atom. The molecule has 0 spiro atoms. The predicted octanol–water partition coefficient (Wildman–Crippen LogP) is 3.49. The van der Waals surface area contributed by atoms with E-state index >= 15 is 4.39 Å². The monoisotopic (exact) mass is 449 g/mol. The zero-order chi connectivity index (χ0) is 24.6. The zero-order valence-electron chi connectivity index (χ0n) is 18.8. The fraction of sp³-hybridized carbons (Fsp3) is 0.417. The number of carbonyl (C=O) groups is 1. The van der Waals surface area contributed by atoms with Gasteiger partial charge in [0.25, 0.3) is 0 Å². The fourth-order valence-electron chi connectivity index (χ4n) is 4.39. The third-order valence-corrected chi connectivity index (χ3v) is 5.85. The van der Waals surface area contributed by atoms with Crippen molar-refractivity contribution in [3.63, 3.8) is 0 Å². The van der Waals surface area contributed by atoms with Crippen molar-refractivity contribution in [1.82, 2.24) is 4.90 Å². The Morgan fingerprint density at radius 1 is 1.27 bits per heavy atom. The van der Waals surface area contributed by atoms with E-state index in [2.05, 4.69) is 0 Å². The summed E-state index contributed by atoms with van der Waals surface area (Å²) in [5.74, 6) is -2.18. The third-order valence-electron chi connectivity index (χ3n) is 5.85. The van der Waals surface area contributed by atoms with Crippen LogP contribution in [-0.4, -0.2) is 36.8 Å². The van der Waals surface area contributed by atoms with Crippen molar-refractivity contribution in [2.75, 3.05) is 20.2 Å². The Balaban J connectivity index is 2.25. The van der Waals surface area contributed by atoms with E-state index < -0.39 is 34.8 Å². The van der Waals surface area contributed by atoms with E-state index in [4.69, 9.17) is 15.2 Å². The molecular weight excluding hydrogens is 425 g/mol. The molecule has 0 bridgehead atoms. The Kier molecular flexibility index (Phi) is 6.07. The summed E-state index contributed by atoms with van der Waals surface area (Å²) >= 11 is 0. The van der Waals surface area contributed by atoms with Gasteiger partial charge in [0, 0.05) is 24.9 Å². The summed E-state index contributed by atoms with van der Waals surface area (Å²) in [4.78, 5) is 14.2. The number of benzene rings is 1. The SMILES string of the molecule is COc1ccc(F)c(C2C3CN(C(=O)OC(C)(C)C)CC=C3C(C#N)=C(N)C2(C#N)C#N)c1. The van der Waals surface area contributed by atoms with Crippen LogP contribution in [0.4, 0.5) is 9.18 Å². The van der Waals surface area contributed by atoms with Crippen LogP contribution in [-0.2, 0) is 4.74 Å². The average molecular weight is 449 g/mol. The van der Waals surface area contributed by atoms with Crippen molar-refractivity contribution in [3.05, 3.63) is 52.5 Å². The highest BCUT2D eigenvalue weighted by molar-refractivity contribution is 5.70.